The van der Waals surface area contributed by atoms with Crippen LogP contribution in [0.4, 0.5) is 0 Å². The third-order valence-electron chi connectivity index (χ3n) is 1.21. The molecule has 0 amide bonds. The highest BCUT2D eigenvalue weighted by molar-refractivity contribution is 6.44. The normalized spacial score (nSPS) is 11.6. The first-order valence-electron chi connectivity index (χ1n) is 3.65. The Morgan fingerprint density at radius 2 is 1.36 bits per heavy atom. The second kappa shape index (κ2) is 5.48. The molecule has 0 atom stereocenters. The summed E-state index contributed by atoms with van der Waals surface area (Å²) in [6, 6.07) is 12.0. The average Bonchev–Trinajstić information content (AvgIpc) is 2.64. The molecule has 54 valence electrons. The van der Waals surface area contributed by atoms with Crippen molar-refractivity contribution in [1.82, 2.24) is 0 Å². The zero-order valence-electron chi connectivity index (χ0n) is 6.35. The number of rotatable bonds is 0. The quantitative estimate of drug-likeness (QED) is 0.489. The molecule has 0 spiro atoms. The molecule has 1 aliphatic heterocycles. The summed E-state index contributed by atoms with van der Waals surface area (Å²) in [7, 11) is 0.889. The summed E-state index contributed by atoms with van der Waals surface area (Å²) in [4.78, 5) is 3.85. The molecule has 0 N–H and O–H groups in total. The lowest BCUT2D eigenvalue weighted by Crippen LogP contribution is -1.63. The standard InChI is InChI=1S/C6H6.C3H4BN/c1-2-4-6-5-3-1;1-2-4-5-3-1/h1-6H;1-4H. The summed E-state index contributed by atoms with van der Waals surface area (Å²) in [5, 5.41) is 0. The van der Waals surface area contributed by atoms with Crippen molar-refractivity contribution >= 4 is 13.6 Å². The highest BCUT2D eigenvalue weighted by Crippen LogP contribution is 1.79. The summed E-state index contributed by atoms with van der Waals surface area (Å²) >= 11 is 0. The monoisotopic (exact) mass is 143 g/mol. The number of nitrogens with zero attached hydrogens (tertiary/aromatic N) is 1. The van der Waals surface area contributed by atoms with Crippen molar-refractivity contribution in [3.63, 3.8) is 0 Å². The fourth-order valence-corrected chi connectivity index (χ4v) is 0.689. The lowest BCUT2D eigenvalue weighted by atomic mass is 10.00. The van der Waals surface area contributed by atoms with E-state index < -0.39 is 0 Å². The molecule has 0 fully saturated rings. The zero-order chi connectivity index (χ0) is 7.78. The lowest BCUT2D eigenvalue weighted by molar-refractivity contribution is 1.72. The fourth-order valence-electron chi connectivity index (χ4n) is 0.689. The van der Waals surface area contributed by atoms with Crippen molar-refractivity contribution in [2.45, 2.75) is 0 Å². The summed E-state index contributed by atoms with van der Waals surface area (Å²) in [5.41, 5.74) is 0. The van der Waals surface area contributed by atoms with Crippen LogP contribution in [-0.2, 0) is 0 Å². The van der Waals surface area contributed by atoms with E-state index in [2.05, 4.69) is 4.90 Å². The highest BCUT2D eigenvalue weighted by atomic mass is 14.6. The van der Waals surface area contributed by atoms with Crippen molar-refractivity contribution in [3.05, 3.63) is 48.4 Å². The van der Waals surface area contributed by atoms with Gasteiger partial charge in [0.05, 0.1) is 0 Å². The minimum Gasteiger partial charge on any atom is -0.348 e. The Hall–Kier alpha value is -1.31. The van der Waals surface area contributed by atoms with Crippen molar-refractivity contribution in [3.8, 4) is 0 Å². The Morgan fingerprint density at radius 1 is 0.818 bits per heavy atom. The molecule has 1 nitrogen and oxygen atoms in total. The summed E-state index contributed by atoms with van der Waals surface area (Å²) < 4.78 is 0. The van der Waals surface area contributed by atoms with Gasteiger partial charge in [-0.15, -0.1) is 0 Å². The van der Waals surface area contributed by atoms with Crippen molar-refractivity contribution < 1.29 is 0 Å². The van der Waals surface area contributed by atoms with E-state index in [1.807, 2.05) is 48.4 Å². The molecule has 0 radical (unpaired) electrons. The van der Waals surface area contributed by atoms with Gasteiger partial charge >= 0.3 is 0 Å². The van der Waals surface area contributed by atoms with Crippen LogP contribution < -0.4 is 0 Å². The molecule has 1 aromatic carbocycles. The Bertz CT molecular complexity index is 192. The van der Waals surface area contributed by atoms with E-state index in [1.165, 1.54) is 0 Å². The van der Waals surface area contributed by atoms with E-state index in [-0.39, 0.29) is 0 Å². The van der Waals surface area contributed by atoms with Gasteiger partial charge < -0.3 is 4.90 Å². The van der Waals surface area contributed by atoms with Crippen LogP contribution in [0.15, 0.2) is 53.4 Å². The topological polar surface area (TPSA) is 12.4 Å². The highest BCUT2D eigenvalue weighted by Gasteiger charge is 1.77. The van der Waals surface area contributed by atoms with Crippen LogP contribution in [0.25, 0.3) is 0 Å². The Kier molecular flexibility index (Phi) is 3.88. The first-order chi connectivity index (χ1) is 5.50. The van der Waals surface area contributed by atoms with Gasteiger partial charge in [0.15, 0.2) is 0 Å². The second-order valence-corrected chi connectivity index (χ2v) is 2.10. The Balaban J connectivity index is 0.000000112. The molecule has 0 aromatic heterocycles. The predicted molar refractivity (Wildman–Crippen MR) is 51.2 cm³/mol. The maximum Gasteiger partial charge on any atom is 0.287 e. The van der Waals surface area contributed by atoms with Crippen molar-refractivity contribution in [1.29, 1.82) is 0 Å². The van der Waals surface area contributed by atoms with Crippen LogP contribution in [0, 0.1) is 0 Å². The Morgan fingerprint density at radius 3 is 1.55 bits per heavy atom. The zero-order valence-corrected chi connectivity index (χ0v) is 6.35. The van der Waals surface area contributed by atoms with Crippen LogP contribution in [0.2, 0.25) is 0 Å². The van der Waals surface area contributed by atoms with Gasteiger partial charge in [-0.2, -0.15) is 0 Å². The van der Waals surface area contributed by atoms with E-state index >= 15 is 0 Å². The van der Waals surface area contributed by atoms with Gasteiger partial charge in [0.1, 0.15) is 0 Å². The molecule has 0 saturated carbocycles. The largest absolute Gasteiger partial charge is 0.348 e. The molecule has 2 heteroatoms. The molecule has 1 aliphatic rings. The van der Waals surface area contributed by atoms with E-state index in [9.17, 15) is 0 Å². The van der Waals surface area contributed by atoms with Crippen LogP contribution in [0.3, 0.4) is 0 Å². The third-order valence-corrected chi connectivity index (χ3v) is 1.21. The van der Waals surface area contributed by atoms with E-state index in [0.29, 0.717) is 0 Å². The predicted octanol–water partition coefficient (Wildman–Crippen LogP) is 1.62. The maximum absolute atomic E-state index is 3.85. The van der Waals surface area contributed by atoms with Gasteiger partial charge in [0.2, 0.25) is 0 Å². The molecule has 1 aromatic rings. The van der Waals surface area contributed by atoms with Gasteiger partial charge in [-0.1, -0.05) is 48.4 Å². The number of hydrogen-bond donors (Lipinski definition) is 0. The first-order valence-corrected chi connectivity index (χ1v) is 3.65. The summed E-state index contributed by atoms with van der Waals surface area (Å²) in [6.45, 7) is 0. The third kappa shape index (κ3) is 4.15. The number of benzene rings is 1. The van der Waals surface area contributed by atoms with Gasteiger partial charge in [0.25, 0.3) is 7.41 Å². The van der Waals surface area contributed by atoms with Crippen LogP contribution >= 0.6 is 0 Å². The van der Waals surface area contributed by atoms with Crippen molar-refractivity contribution in [2.75, 3.05) is 0 Å². The van der Waals surface area contributed by atoms with Crippen molar-refractivity contribution in [2.24, 2.45) is 4.90 Å². The van der Waals surface area contributed by atoms with Gasteiger partial charge in [-0.25, -0.2) is 0 Å². The fraction of sp³-hybridized carbons (Fsp3) is 0. The minimum atomic E-state index is 0.889. The molecule has 0 saturated heterocycles. The van der Waals surface area contributed by atoms with Crippen LogP contribution in [0.5, 0.6) is 0 Å². The number of hydrogen-bond acceptors (Lipinski definition) is 1. The maximum atomic E-state index is 3.85. The molecule has 1 heterocycles. The molecule has 0 aliphatic carbocycles. The summed E-state index contributed by atoms with van der Waals surface area (Å²) in [6.07, 6.45) is 3.75. The van der Waals surface area contributed by atoms with Crippen LogP contribution in [0.1, 0.15) is 0 Å². The molecular weight excluding hydrogens is 133 g/mol. The second-order valence-electron chi connectivity index (χ2n) is 2.10. The lowest BCUT2D eigenvalue weighted by Gasteiger charge is -1.69. The van der Waals surface area contributed by atoms with E-state index in [4.69, 9.17) is 0 Å². The molecule has 0 bridgehead atoms. The minimum absolute atomic E-state index is 0.889. The van der Waals surface area contributed by atoms with Gasteiger partial charge in [-0.05, 0) is 0 Å². The van der Waals surface area contributed by atoms with E-state index in [1.54, 1.807) is 6.21 Å². The average molecular weight is 143 g/mol. The SMILES string of the molecule is B1C=CC=N1.c1ccccc1. The van der Waals surface area contributed by atoms with E-state index in [0.717, 1.165) is 7.41 Å². The number of allylic oxidation sites excluding steroid dienone is 1. The molecular formula is C9H10BN. The van der Waals surface area contributed by atoms with Gasteiger partial charge in [-0.3, -0.25) is 0 Å². The molecule has 2 rings (SSSR count). The molecule has 11 heavy (non-hydrogen) atoms. The van der Waals surface area contributed by atoms with Crippen LogP contribution in [-0.4, -0.2) is 13.6 Å². The Labute approximate surface area is 67.7 Å². The first kappa shape index (κ1) is 7.80. The molecule has 0 unspecified atom stereocenters. The summed E-state index contributed by atoms with van der Waals surface area (Å²) in [5.74, 6) is 2.01. The van der Waals surface area contributed by atoms with Gasteiger partial charge in [0, 0.05) is 6.21 Å². The smallest absolute Gasteiger partial charge is 0.287 e.